The number of hydrogen-bond acceptors (Lipinski definition) is 1. The number of aliphatic carboxylic acids is 1. The first-order chi connectivity index (χ1) is 9.88. The molecule has 2 nitrogen and oxygen atoms in total. The highest BCUT2D eigenvalue weighted by atomic mass is 35.5. The molecular formula is C18H19ClO2. The van der Waals surface area contributed by atoms with E-state index in [4.69, 9.17) is 11.6 Å². The Bertz CT molecular complexity index is 654. The molecule has 3 heteroatoms. The number of carboxylic acids is 1. The second-order valence-electron chi connectivity index (χ2n) is 5.54. The van der Waals surface area contributed by atoms with E-state index in [1.807, 2.05) is 51.1 Å². The predicted molar refractivity (Wildman–Crippen MR) is 86.2 cm³/mol. The van der Waals surface area contributed by atoms with Gasteiger partial charge in [0.1, 0.15) is 0 Å². The predicted octanol–water partition coefficient (Wildman–Crippen LogP) is 4.68. The van der Waals surface area contributed by atoms with Crippen LogP contribution in [-0.4, -0.2) is 11.1 Å². The van der Waals surface area contributed by atoms with Gasteiger partial charge in [-0.25, -0.2) is 0 Å². The van der Waals surface area contributed by atoms with Gasteiger partial charge in [0.2, 0.25) is 0 Å². The van der Waals surface area contributed by atoms with Gasteiger partial charge in [-0.15, -0.1) is 0 Å². The Morgan fingerprint density at radius 1 is 1.14 bits per heavy atom. The Hall–Kier alpha value is -1.80. The molecule has 0 aliphatic heterocycles. The Morgan fingerprint density at radius 3 is 2.29 bits per heavy atom. The zero-order valence-corrected chi connectivity index (χ0v) is 13.2. The van der Waals surface area contributed by atoms with Crippen molar-refractivity contribution < 1.29 is 9.90 Å². The molecule has 0 aliphatic carbocycles. The summed E-state index contributed by atoms with van der Waals surface area (Å²) in [4.78, 5) is 11.7. The fourth-order valence-electron chi connectivity index (χ4n) is 2.95. The van der Waals surface area contributed by atoms with Crippen LogP contribution in [0.5, 0.6) is 0 Å². The molecule has 110 valence electrons. The maximum atomic E-state index is 11.7. The minimum absolute atomic E-state index is 0.445. The normalized spacial score (nSPS) is 12.2. The van der Waals surface area contributed by atoms with Gasteiger partial charge in [-0.1, -0.05) is 41.4 Å². The van der Waals surface area contributed by atoms with Crippen LogP contribution in [0.4, 0.5) is 0 Å². The summed E-state index contributed by atoms with van der Waals surface area (Å²) in [5.41, 5.74) is 5.06. The van der Waals surface area contributed by atoms with Crippen LogP contribution < -0.4 is 0 Å². The average Bonchev–Trinajstić information content (AvgIpc) is 2.36. The second-order valence-corrected chi connectivity index (χ2v) is 5.97. The topological polar surface area (TPSA) is 37.3 Å². The van der Waals surface area contributed by atoms with Gasteiger partial charge in [0.25, 0.3) is 0 Å². The molecular weight excluding hydrogens is 284 g/mol. The SMILES string of the molecule is Cc1cc(C)c(C(Cc2cccc(Cl)c2)C(=O)O)c(C)c1. The van der Waals surface area contributed by atoms with E-state index in [0.29, 0.717) is 11.4 Å². The fourth-order valence-corrected chi connectivity index (χ4v) is 3.17. The second kappa shape index (κ2) is 6.31. The summed E-state index contributed by atoms with van der Waals surface area (Å²) in [7, 11) is 0. The lowest BCUT2D eigenvalue weighted by Gasteiger charge is -2.19. The van der Waals surface area contributed by atoms with Crippen molar-refractivity contribution in [1.29, 1.82) is 0 Å². The zero-order chi connectivity index (χ0) is 15.6. The van der Waals surface area contributed by atoms with Crippen molar-refractivity contribution in [2.24, 2.45) is 0 Å². The van der Waals surface area contributed by atoms with Gasteiger partial charge in [-0.2, -0.15) is 0 Å². The third-order valence-electron chi connectivity index (χ3n) is 3.71. The van der Waals surface area contributed by atoms with Gasteiger partial charge in [-0.3, -0.25) is 4.79 Å². The molecule has 21 heavy (non-hydrogen) atoms. The first kappa shape index (κ1) is 15.6. The number of hydrogen-bond donors (Lipinski definition) is 1. The van der Waals surface area contributed by atoms with Crippen LogP contribution in [0.15, 0.2) is 36.4 Å². The molecule has 2 aromatic carbocycles. The summed E-state index contributed by atoms with van der Waals surface area (Å²) >= 11 is 5.99. The zero-order valence-electron chi connectivity index (χ0n) is 12.5. The molecule has 0 heterocycles. The van der Waals surface area contributed by atoms with Crippen molar-refractivity contribution in [3.63, 3.8) is 0 Å². The fraction of sp³-hybridized carbons (Fsp3) is 0.278. The van der Waals surface area contributed by atoms with Gasteiger partial charge in [0.05, 0.1) is 5.92 Å². The van der Waals surface area contributed by atoms with Crippen molar-refractivity contribution in [3.8, 4) is 0 Å². The number of rotatable bonds is 4. The number of benzene rings is 2. The number of carboxylic acid groups (broad SMARTS) is 1. The molecule has 0 aliphatic rings. The molecule has 2 rings (SSSR count). The first-order valence-corrected chi connectivity index (χ1v) is 7.31. The van der Waals surface area contributed by atoms with Gasteiger partial charge in [0, 0.05) is 5.02 Å². The summed E-state index contributed by atoms with van der Waals surface area (Å²) in [5, 5.41) is 10.3. The Balaban J connectivity index is 2.43. The summed E-state index contributed by atoms with van der Waals surface area (Å²) in [6.45, 7) is 5.98. The van der Waals surface area contributed by atoms with Crippen LogP contribution in [0.2, 0.25) is 5.02 Å². The molecule has 0 saturated carbocycles. The van der Waals surface area contributed by atoms with Crippen LogP contribution in [0, 0.1) is 20.8 Å². The summed E-state index contributed by atoms with van der Waals surface area (Å²) in [6.07, 6.45) is 0.445. The van der Waals surface area contributed by atoms with Gasteiger partial charge in [0.15, 0.2) is 0 Å². The molecule has 0 radical (unpaired) electrons. The minimum atomic E-state index is -0.801. The Morgan fingerprint density at radius 2 is 1.76 bits per heavy atom. The maximum Gasteiger partial charge on any atom is 0.311 e. The largest absolute Gasteiger partial charge is 0.481 e. The van der Waals surface area contributed by atoms with E-state index in [1.54, 1.807) is 6.07 Å². The summed E-state index contributed by atoms with van der Waals surface area (Å²) < 4.78 is 0. The van der Waals surface area contributed by atoms with Gasteiger partial charge in [-0.05, 0) is 61.6 Å². The summed E-state index contributed by atoms with van der Waals surface area (Å²) in [6, 6.07) is 11.5. The van der Waals surface area contributed by atoms with Crippen molar-refractivity contribution >= 4 is 17.6 Å². The van der Waals surface area contributed by atoms with E-state index in [1.165, 1.54) is 0 Å². The lowest BCUT2D eigenvalue weighted by atomic mass is 9.85. The highest BCUT2D eigenvalue weighted by Gasteiger charge is 2.24. The smallest absolute Gasteiger partial charge is 0.311 e. The third kappa shape index (κ3) is 3.64. The van der Waals surface area contributed by atoms with Gasteiger partial charge >= 0.3 is 5.97 Å². The van der Waals surface area contributed by atoms with Crippen LogP contribution in [0.1, 0.15) is 33.7 Å². The molecule has 0 amide bonds. The third-order valence-corrected chi connectivity index (χ3v) is 3.95. The van der Waals surface area contributed by atoms with Crippen molar-refractivity contribution in [2.45, 2.75) is 33.1 Å². The quantitative estimate of drug-likeness (QED) is 0.890. The minimum Gasteiger partial charge on any atom is -0.481 e. The van der Waals surface area contributed by atoms with E-state index < -0.39 is 11.9 Å². The molecule has 0 aromatic heterocycles. The molecule has 2 aromatic rings. The molecule has 1 atom stereocenters. The molecule has 1 unspecified atom stereocenters. The van der Waals surface area contributed by atoms with E-state index in [9.17, 15) is 9.90 Å². The van der Waals surface area contributed by atoms with Crippen LogP contribution in [-0.2, 0) is 11.2 Å². The van der Waals surface area contributed by atoms with Crippen molar-refractivity contribution in [1.82, 2.24) is 0 Å². The Labute approximate surface area is 130 Å². The molecule has 0 saturated heterocycles. The van der Waals surface area contributed by atoms with E-state index in [2.05, 4.69) is 0 Å². The first-order valence-electron chi connectivity index (χ1n) is 6.93. The van der Waals surface area contributed by atoms with Gasteiger partial charge < -0.3 is 5.11 Å². The monoisotopic (exact) mass is 302 g/mol. The van der Waals surface area contributed by atoms with E-state index in [0.717, 1.165) is 27.8 Å². The molecule has 0 fully saturated rings. The number of halogens is 1. The van der Waals surface area contributed by atoms with Crippen LogP contribution in [0.25, 0.3) is 0 Å². The molecule has 0 bridgehead atoms. The Kier molecular flexibility index (Phi) is 4.69. The van der Waals surface area contributed by atoms with Crippen LogP contribution in [0.3, 0.4) is 0 Å². The summed E-state index contributed by atoms with van der Waals surface area (Å²) in [5.74, 6) is -1.35. The van der Waals surface area contributed by atoms with E-state index >= 15 is 0 Å². The van der Waals surface area contributed by atoms with Crippen LogP contribution >= 0.6 is 11.6 Å². The number of carbonyl (C=O) groups is 1. The number of aryl methyl sites for hydroxylation is 3. The van der Waals surface area contributed by atoms with Crippen molar-refractivity contribution in [3.05, 3.63) is 69.2 Å². The molecule has 0 spiro atoms. The highest BCUT2D eigenvalue weighted by molar-refractivity contribution is 6.30. The maximum absolute atomic E-state index is 11.7. The molecule has 1 N–H and O–H groups in total. The lowest BCUT2D eigenvalue weighted by molar-refractivity contribution is -0.138. The standard InChI is InChI=1S/C18H19ClO2/c1-11-7-12(2)17(13(3)8-11)16(18(20)21)10-14-5-4-6-15(19)9-14/h4-9,16H,10H2,1-3H3,(H,20,21). The average molecular weight is 303 g/mol. The lowest BCUT2D eigenvalue weighted by Crippen LogP contribution is -2.17. The van der Waals surface area contributed by atoms with Crippen molar-refractivity contribution in [2.75, 3.05) is 0 Å². The van der Waals surface area contributed by atoms with E-state index in [-0.39, 0.29) is 0 Å². The highest BCUT2D eigenvalue weighted by Crippen LogP contribution is 2.29.